The number of aliphatic hydroxyl groups is 2. The molecule has 0 aromatic rings. The Kier molecular flexibility index (Phi) is 6.36. The third-order valence-corrected chi connectivity index (χ3v) is 2.02. The topological polar surface area (TPSA) is 58.9 Å². The Balaban J connectivity index is 4.25. The molecule has 4 heteroatoms. The van der Waals surface area contributed by atoms with Crippen LogP contribution < -0.4 is 0 Å². The van der Waals surface area contributed by atoms with Crippen molar-refractivity contribution in [2.45, 2.75) is 53.1 Å². The molecule has 0 spiro atoms. The predicted molar refractivity (Wildman–Crippen MR) is 58.5 cm³/mol. The largest absolute Gasteiger partial charge is 0.394 e. The van der Waals surface area contributed by atoms with Gasteiger partial charge in [0.1, 0.15) is 0 Å². The Labute approximate surface area is 92.2 Å². The SMILES string of the molecule is CC(C)OC(CO)OC(CO)C(C)(C)C. The summed E-state index contributed by atoms with van der Waals surface area (Å²) in [6, 6.07) is 0. The van der Waals surface area contributed by atoms with E-state index in [2.05, 4.69) is 0 Å². The van der Waals surface area contributed by atoms with Gasteiger partial charge in [0.25, 0.3) is 0 Å². The highest BCUT2D eigenvalue weighted by Crippen LogP contribution is 2.23. The van der Waals surface area contributed by atoms with E-state index in [1.807, 2.05) is 34.6 Å². The number of aliphatic hydroxyl groups excluding tert-OH is 2. The van der Waals surface area contributed by atoms with Crippen molar-refractivity contribution in [1.82, 2.24) is 0 Å². The van der Waals surface area contributed by atoms with Crippen LogP contribution in [0.4, 0.5) is 0 Å². The predicted octanol–water partition coefficient (Wildman–Crippen LogP) is 1.15. The van der Waals surface area contributed by atoms with E-state index in [1.54, 1.807) is 0 Å². The molecule has 15 heavy (non-hydrogen) atoms. The van der Waals surface area contributed by atoms with Crippen LogP contribution in [0.15, 0.2) is 0 Å². The van der Waals surface area contributed by atoms with E-state index >= 15 is 0 Å². The molecule has 2 N–H and O–H groups in total. The first-order valence-corrected chi connectivity index (χ1v) is 5.34. The molecule has 0 aliphatic rings. The third-order valence-electron chi connectivity index (χ3n) is 2.02. The second-order valence-corrected chi connectivity index (χ2v) is 4.97. The summed E-state index contributed by atoms with van der Waals surface area (Å²) >= 11 is 0. The van der Waals surface area contributed by atoms with Crippen LogP contribution in [0.25, 0.3) is 0 Å². The lowest BCUT2D eigenvalue weighted by atomic mass is 9.89. The number of hydrogen-bond acceptors (Lipinski definition) is 4. The van der Waals surface area contributed by atoms with E-state index in [0.717, 1.165) is 0 Å². The minimum absolute atomic E-state index is 0.0125. The normalized spacial score (nSPS) is 16.8. The molecule has 0 heterocycles. The summed E-state index contributed by atoms with van der Waals surface area (Å²) in [7, 11) is 0. The van der Waals surface area contributed by atoms with E-state index in [1.165, 1.54) is 0 Å². The van der Waals surface area contributed by atoms with Crippen molar-refractivity contribution < 1.29 is 19.7 Å². The van der Waals surface area contributed by atoms with Crippen molar-refractivity contribution in [3.8, 4) is 0 Å². The van der Waals surface area contributed by atoms with Gasteiger partial charge in [-0.15, -0.1) is 0 Å². The summed E-state index contributed by atoms with van der Waals surface area (Å²) in [4.78, 5) is 0. The highest BCUT2D eigenvalue weighted by molar-refractivity contribution is 4.74. The van der Waals surface area contributed by atoms with Crippen LogP contribution in [0.1, 0.15) is 34.6 Å². The quantitative estimate of drug-likeness (QED) is 0.659. The van der Waals surface area contributed by atoms with Crippen LogP contribution >= 0.6 is 0 Å². The first-order valence-electron chi connectivity index (χ1n) is 5.34. The Morgan fingerprint density at radius 1 is 1.00 bits per heavy atom. The summed E-state index contributed by atoms with van der Waals surface area (Å²) in [6.45, 7) is 9.37. The van der Waals surface area contributed by atoms with Crippen molar-refractivity contribution in [3.05, 3.63) is 0 Å². The van der Waals surface area contributed by atoms with Gasteiger partial charge in [-0.25, -0.2) is 0 Å². The van der Waals surface area contributed by atoms with Crippen LogP contribution in [0.2, 0.25) is 0 Å². The van der Waals surface area contributed by atoms with Gasteiger partial charge in [0.05, 0.1) is 25.4 Å². The average Bonchev–Trinajstić information content (AvgIpc) is 2.09. The first kappa shape index (κ1) is 14.8. The van der Waals surface area contributed by atoms with Gasteiger partial charge >= 0.3 is 0 Å². The second kappa shape index (κ2) is 6.43. The zero-order chi connectivity index (χ0) is 12.1. The van der Waals surface area contributed by atoms with E-state index < -0.39 is 6.29 Å². The van der Waals surface area contributed by atoms with Crippen molar-refractivity contribution in [1.29, 1.82) is 0 Å². The third kappa shape index (κ3) is 6.10. The summed E-state index contributed by atoms with van der Waals surface area (Å²) in [5, 5.41) is 18.2. The fraction of sp³-hybridized carbons (Fsp3) is 1.00. The van der Waals surface area contributed by atoms with Gasteiger partial charge in [-0.05, 0) is 19.3 Å². The Morgan fingerprint density at radius 2 is 1.53 bits per heavy atom. The lowest BCUT2D eigenvalue weighted by Gasteiger charge is -2.32. The molecule has 92 valence electrons. The maximum absolute atomic E-state index is 9.18. The number of rotatable bonds is 6. The Bertz CT molecular complexity index is 162. The van der Waals surface area contributed by atoms with Crippen LogP contribution in [0.3, 0.4) is 0 Å². The van der Waals surface area contributed by atoms with Crippen LogP contribution in [-0.2, 0) is 9.47 Å². The van der Waals surface area contributed by atoms with Gasteiger partial charge in [-0.1, -0.05) is 20.8 Å². The molecule has 0 aromatic heterocycles. The fourth-order valence-corrected chi connectivity index (χ4v) is 1.13. The minimum atomic E-state index is -0.665. The molecule has 0 aliphatic heterocycles. The van der Waals surface area contributed by atoms with Crippen LogP contribution in [-0.4, -0.2) is 41.9 Å². The Morgan fingerprint density at radius 3 is 1.80 bits per heavy atom. The molecule has 0 saturated heterocycles. The number of hydrogen-bond donors (Lipinski definition) is 2. The van der Waals surface area contributed by atoms with Gasteiger partial charge in [-0.3, -0.25) is 0 Å². The van der Waals surface area contributed by atoms with Gasteiger partial charge in [0, 0.05) is 0 Å². The smallest absolute Gasteiger partial charge is 0.181 e. The summed E-state index contributed by atoms with van der Waals surface area (Å²) in [6.07, 6.45) is -1.02. The summed E-state index contributed by atoms with van der Waals surface area (Å²) < 4.78 is 10.8. The van der Waals surface area contributed by atoms with E-state index in [9.17, 15) is 5.11 Å². The lowest BCUT2D eigenvalue weighted by molar-refractivity contribution is -0.227. The average molecular weight is 220 g/mol. The van der Waals surface area contributed by atoms with Crippen molar-refractivity contribution in [3.63, 3.8) is 0 Å². The van der Waals surface area contributed by atoms with Gasteiger partial charge in [0.2, 0.25) is 0 Å². The van der Waals surface area contributed by atoms with Crippen molar-refractivity contribution >= 4 is 0 Å². The second-order valence-electron chi connectivity index (χ2n) is 4.97. The molecular weight excluding hydrogens is 196 g/mol. The van der Waals surface area contributed by atoms with Gasteiger partial charge in [-0.2, -0.15) is 0 Å². The molecule has 0 bridgehead atoms. The molecule has 0 aromatic carbocycles. The zero-order valence-corrected chi connectivity index (χ0v) is 10.4. The maximum atomic E-state index is 9.18. The fourth-order valence-electron chi connectivity index (χ4n) is 1.13. The highest BCUT2D eigenvalue weighted by atomic mass is 16.7. The molecule has 0 rings (SSSR count). The Hall–Kier alpha value is -0.160. The molecular formula is C11H24O4. The summed E-state index contributed by atoms with van der Waals surface area (Å²) in [5.74, 6) is 0. The standard InChI is InChI=1S/C11H24O4/c1-8(2)14-10(7-13)15-9(6-12)11(3,4)5/h8-10,12-13H,6-7H2,1-5H3. The molecule has 0 radical (unpaired) electrons. The van der Waals surface area contributed by atoms with Crippen molar-refractivity contribution in [2.75, 3.05) is 13.2 Å². The minimum Gasteiger partial charge on any atom is -0.394 e. The zero-order valence-electron chi connectivity index (χ0n) is 10.4. The number of ether oxygens (including phenoxy) is 2. The maximum Gasteiger partial charge on any atom is 0.181 e. The molecule has 0 amide bonds. The van der Waals surface area contributed by atoms with Crippen molar-refractivity contribution in [2.24, 2.45) is 5.41 Å². The lowest BCUT2D eigenvalue weighted by Crippen LogP contribution is -2.39. The molecule has 2 unspecified atom stereocenters. The molecule has 0 aliphatic carbocycles. The van der Waals surface area contributed by atoms with E-state index in [0.29, 0.717) is 0 Å². The molecule has 0 saturated carbocycles. The van der Waals surface area contributed by atoms with Gasteiger partial charge in [0.15, 0.2) is 6.29 Å². The van der Waals surface area contributed by atoms with Crippen LogP contribution in [0, 0.1) is 5.41 Å². The molecule has 4 nitrogen and oxygen atoms in total. The van der Waals surface area contributed by atoms with E-state index in [-0.39, 0.29) is 30.8 Å². The van der Waals surface area contributed by atoms with E-state index in [4.69, 9.17) is 14.6 Å². The van der Waals surface area contributed by atoms with Gasteiger partial charge < -0.3 is 19.7 Å². The first-order chi connectivity index (χ1) is 6.81. The molecule has 2 atom stereocenters. The summed E-state index contributed by atoms with van der Waals surface area (Å²) in [5.41, 5.74) is -0.178. The monoisotopic (exact) mass is 220 g/mol. The van der Waals surface area contributed by atoms with Crippen LogP contribution in [0.5, 0.6) is 0 Å². The highest BCUT2D eigenvalue weighted by Gasteiger charge is 2.28. The molecule has 0 fully saturated rings.